The molecule has 1 aromatic rings. The van der Waals surface area contributed by atoms with Gasteiger partial charge in [-0.15, -0.1) is 11.3 Å². The first-order valence-electron chi connectivity index (χ1n) is 9.04. The minimum atomic E-state index is -0.206. The fourth-order valence-corrected chi connectivity index (χ4v) is 4.42. The normalized spacial score (nSPS) is 19.5. The van der Waals surface area contributed by atoms with E-state index in [1.165, 1.54) is 24.2 Å². The van der Waals surface area contributed by atoms with Crippen molar-refractivity contribution in [1.29, 1.82) is 0 Å². The molecule has 1 atom stereocenters. The third-order valence-corrected chi connectivity index (χ3v) is 6.26. The molecular weight excluding hydrogens is 360 g/mol. The molecule has 2 heterocycles. The van der Waals surface area contributed by atoms with Crippen molar-refractivity contribution in [2.75, 3.05) is 19.7 Å². The van der Waals surface area contributed by atoms with Crippen LogP contribution >= 0.6 is 22.9 Å². The number of halogens is 1. The number of carbonyl (C=O) groups excluding carboxylic acids is 2. The van der Waals surface area contributed by atoms with Gasteiger partial charge >= 0.3 is 6.09 Å². The lowest BCUT2D eigenvalue weighted by Crippen LogP contribution is -2.42. The highest BCUT2D eigenvalue weighted by atomic mass is 35.5. The lowest BCUT2D eigenvalue weighted by Gasteiger charge is -2.33. The van der Waals surface area contributed by atoms with Gasteiger partial charge in [0.05, 0.1) is 15.8 Å². The summed E-state index contributed by atoms with van der Waals surface area (Å²) >= 11 is 7.25. The Balaban J connectivity index is 1.50. The average molecular weight is 385 g/mol. The Kier molecular flexibility index (Phi) is 6.23. The highest BCUT2D eigenvalue weighted by Gasteiger charge is 2.35. The zero-order valence-electron chi connectivity index (χ0n) is 14.5. The fraction of sp³-hybridized carbons (Fsp3) is 0.667. The van der Waals surface area contributed by atoms with Crippen molar-refractivity contribution in [2.24, 2.45) is 11.8 Å². The Morgan fingerprint density at radius 1 is 1.32 bits per heavy atom. The minimum absolute atomic E-state index is 0.0160. The topological polar surface area (TPSA) is 58.6 Å². The molecule has 7 heteroatoms. The van der Waals surface area contributed by atoms with Gasteiger partial charge in [0.2, 0.25) is 0 Å². The van der Waals surface area contributed by atoms with Gasteiger partial charge in [0, 0.05) is 19.1 Å². The van der Waals surface area contributed by atoms with Gasteiger partial charge in [-0.2, -0.15) is 0 Å². The summed E-state index contributed by atoms with van der Waals surface area (Å²) in [5.74, 6) is 1.13. The maximum atomic E-state index is 12.4. The van der Waals surface area contributed by atoms with Gasteiger partial charge in [-0.25, -0.2) is 4.79 Å². The number of carbonyl (C=O) groups is 2. The van der Waals surface area contributed by atoms with E-state index in [0.29, 0.717) is 27.7 Å². The van der Waals surface area contributed by atoms with Crippen LogP contribution in [-0.4, -0.2) is 42.6 Å². The van der Waals surface area contributed by atoms with Gasteiger partial charge in [0.15, 0.2) is 0 Å². The smallest absolute Gasteiger partial charge is 0.409 e. The van der Waals surface area contributed by atoms with Crippen molar-refractivity contribution in [3.63, 3.8) is 0 Å². The van der Waals surface area contributed by atoms with Crippen LogP contribution in [0.25, 0.3) is 0 Å². The summed E-state index contributed by atoms with van der Waals surface area (Å²) in [6.07, 6.45) is 5.12. The third-order valence-electron chi connectivity index (χ3n) is 5.03. The van der Waals surface area contributed by atoms with Crippen molar-refractivity contribution in [3.05, 3.63) is 21.3 Å². The quantitative estimate of drug-likeness (QED) is 0.800. The maximum Gasteiger partial charge on any atom is 0.409 e. The van der Waals surface area contributed by atoms with Crippen LogP contribution in [0.3, 0.4) is 0 Å². The van der Waals surface area contributed by atoms with Gasteiger partial charge in [-0.05, 0) is 63.0 Å². The number of rotatable bonds is 6. The third kappa shape index (κ3) is 5.11. The van der Waals surface area contributed by atoms with Crippen LogP contribution < -0.4 is 5.32 Å². The molecule has 3 rings (SSSR count). The van der Waals surface area contributed by atoms with Crippen molar-refractivity contribution in [3.8, 4) is 0 Å². The van der Waals surface area contributed by atoms with Crippen molar-refractivity contribution < 1.29 is 14.3 Å². The number of thiophene rings is 1. The van der Waals surface area contributed by atoms with E-state index in [9.17, 15) is 9.59 Å². The molecule has 138 valence electrons. The molecule has 2 aliphatic rings. The second-order valence-electron chi connectivity index (χ2n) is 6.89. The minimum Gasteiger partial charge on any atom is -0.450 e. The second-order valence-corrected chi connectivity index (χ2v) is 8.60. The molecular formula is C18H25ClN2O3S. The number of amides is 2. The van der Waals surface area contributed by atoms with E-state index in [-0.39, 0.29) is 18.0 Å². The fourth-order valence-electron chi connectivity index (χ4n) is 3.47. The van der Waals surface area contributed by atoms with E-state index in [1.54, 1.807) is 17.0 Å². The van der Waals surface area contributed by atoms with Crippen LogP contribution in [0.2, 0.25) is 4.34 Å². The number of ether oxygens (including phenoxy) is 1. The van der Waals surface area contributed by atoms with Crippen molar-refractivity contribution in [1.82, 2.24) is 10.2 Å². The summed E-state index contributed by atoms with van der Waals surface area (Å²) in [6.45, 7) is 3.74. The second kappa shape index (κ2) is 8.41. The molecule has 1 N–H and O–H groups in total. The first-order chi connectivity index (χ1) is 12.1. The van der Waals surface area contributed by atoms with Gasteiger partial charge < -0.3 is 15.0 Å². The van der Waals surface area contributed by atoms with Crippen LogP contribution in [0, 0.1) is 11.8 Å². The Bertz CT molecular complexity index is 609. The van der Waals surface area contributed by atoms with E-state index in [4.69, 9.17) is 16.3 Å². The molecule has 5 nitrogen and oxygen atoms in total. The summed E-state index contributed by atoms with van der Waals surface area (Å²) in [7, 11) is 0. The molecule has 1 aromatic heterocycles. The monoisotopic (exact) mass is 384 g/mol. The number of nitrogens with one attached hydrogen (secondary N) is 1. The number of hydrogen-bond donors (Lipinski definition) is 1. The maximum absolute atomic E-state index is 12.4. The van der Waals surface area contributed by atoms with Crippen LogP contribution in [0.1, 0.15) is 48.7 Å². The zero-order valence-corrected chi connectivity index (χ0v) is 16.1. The molecule has 1 saturated carbocycles. The summed E-state index contributed by atoms with van der Waals surface area (Å²) in [6, 6.07) is 3.77. The average Bonchev–Trinajstić information content (AvgIpc) is 3.36. The van der Waals surface area contributed by atoms with Crippen LogP contribution in [0.4, 0.5) is 4.79 Å². The van der Waals surface area contributed by atoms with E-state index < -0.39 is 0 Å². The summed E-state index contributed by atoms with van der Waals surface area (Å²) in [5.41, 5.74) is 0. The standard InChI is InChI=1S/C18H25ClN2O3S/c1-2-24-18(23)21-9-7-12(8-10-21)11-14(13-3-4-13)20-17(22)15-5-6-16(19)25-15/h5-6,12-14H,2-4,7-11H2,1H3,(H,20,22). The summed E-state index contributed by atoms with van der Waals surface area (Å²) < 4.78 is 5.71. The predicted molar refractivity (Wildman–Crippen MR) is 99.2 cm³/mol. The Morgan fingerprint density at radius 2 is 2.04 bits per heavy atom. The molecule has 0 bridgehead atoms. The highest BCUT2D eigenvalue weighted by molar-refractivity contribution is 7.18. The zero-order chi connectivity index (χ0) is 17.8. The van der Waals surface area contributed by atoms with Gasteiger partial charge in [0.25, 0.3) is 5.91 Å². The Hall–Kier alpha value is -1.27. The van der Waals surface area contributed by atoms with Crippen molar-refractivity contribution >= 4 is 34.9 Å². The molecule has 1 unspecified atom stereocenters. The van der Waals surface area contributed by atoms with E-state index in [1.807, 2.05) is 6.92 Å². The van der Waals surface area contributed by atoms with Gasteiger partial charge in [-0.3, -0.25) is 4.79 Å². The molecule has 1 aliphatic heterocycles. The van der Waals surface area contributed by atoms with Crippen LogP contribution in [0.15, 0.2) is 12.1 Å². The predicted octanol–water partition coefficient (Wildman–Crippen LogP) is 4.17. The van der Waals surface area contributed by atoms with Gasteiger partial charge in [-0.1, -0.05) is 11.6 Å². The molecule has 2 amide bonds. The van der Waals surface area contributed by atoms with Crippen LogP contribution in [0.5, 0.6) is 0 Å². The van der Waals surface area contributed by atoms with Crippen molar-refractivity contribution in [2.45, 2.75) is 45.1 Å². The molecule has 0 aromatic carbocycles. The SMILES string of the molecule is CCOC(=O)N1CCC(CC(NC(=O)c2ccc(Cl)s2)C2CC2)CC1. The molecule has 0 spiro atoms. The van der Waals surface area contributed by atoms with E-state index in [2.05, 4.69) is 5.32 Å². The highest BCUT2D eigenvalue weighted by Crippen LogP contribution is 2.37. The largest absolute Gasteiger partial charge is 0.450 e. The lowest BCUT2D eigenvalue weighted by atomic mass is 9.88. The number of hydrogen-bond acceptors (Lipinski definition) is 4. The lowest BCUT2D eigenvalue weighted by molar-refractivity contribution is 0.0868. The van der Waals surface area contributed by atoms with E-state index in [0.717, 1.165) is 32.4 Å². The molecule has 1 aliphatic carbocycles. The summed E-state index contributed by atoms with van der Waals surface area (Å²) in [4.78, 5) is 26.7. The molecule has 25 heavy (non-hydrogen) atoms. The molecule has 1 saturated heterocycles. The van der Waals surface area contributed by atoms with E-state index >= 15 is 0 Å². The molecule has 0 radical (unpaired) electrons. The Labute approximate surface area is 157 Å². The van der Waals surface area contributed by atoms with Crippen LogP contribution in [-0.2, 0) is 4.74 Å². The molecule has 2 fully saturated rings. The number of piperidine rings is 1. The number of likely N-dealkylation sites (tertiary alicyclic amines) is 1. The first-order valence-corrected chi connectivity index (χ1v) is 10.2. The number of nitrogens with zero attached hydrogens (tertiary/aromatic N) is 1. The Morgan fingerprint density at radius 3 is 2.60 bits per heavy atom. The van der Waals surface area contributed by atoms with Gasteiger partial charge in [0.1, 0.15) is 0 Å². The first kappa shape index (κ1) is 18.5. The summed E-state index contributed by atoms with van der Waals surface area (Å²) in [5, 5.41) is 3.22.